The summed E-state index contributed by atoms with van der Waals surface area (Å²) in [6, 6.07) is 64.5. The number of fused-ring (bicyclic) bond motifs is 4. The highest BCUT2D eigenvalue weighted by Gasteiger charge is 2.19. The molecule has 0 saturated carbocycles. The number of rotatable bonds is 5. The van der Waals surface area contributed by atoms with Crippen molar-refractivity contribution in [1.82, 2.24) is 9.97 Å². The lowest BCUT2D eigenvalue weighted by atomic mass is 9.89. The van der Waals surface area contributed by atoms with Crippen molar-refractivity contribution in [3.63, 3.8) is 0 Å². The summed E-state index contributed by atoms with van der Waals surface area (Å²) in [6.45, 7) is 0. The summed E-state index contributed by atoms with van der Waals surface area (Å²) in [5.74, 6) is 0.702. The molecular weight excluding hydrogens is 581 g/mol. The Labute approximate surface area is 279 Å². The van der Waals surface area contributed by atoms with Crippen LogP contribution in [0.1, 0.15) is 0 Å². The molecule has 9 rings (SSSR count). The van der Waals surface area contributed by atoms with Crippen molar-refractivity contribution in [2.75, 3.05) is 0 Å². The molecule has 2 heteroatoms. The molecule has 0 spiro atoms. The molecule has 1 aromatic heterocycles. The molecule has 0 N–H and O–H groups in total. The summed E-state index contributed by atoms with van der Waals surface area (Å²) >= 11 is 0. The minimum Gasteiger partial charge on any atom is -0.228 e. The average Bonchev–Trinajstić information content (AvgIpc) is 3.17. The number of hydrogen-bond acceptors (Lipinski definition) is 2. The number of benzene rings is 8. The molecule has 8 aromatic carbocycles. The molecule has 0 radical (unpaired) electrons. The van der Waals surface area contributed by atoms with Gasteiger partial charge in [0.1, 0.15) is 0 Å². The van der Waals surface area contributed by atoms with E-state index in [2.05, 4.69) is 176 Å². The Morgan fingerprint density at radius 1 is 0.312 bits per heavy atom. The van der Waals surface area contributed by atoms with E-state index in [1.54, 1.807) is 0 Å². The summed E-state index contributed by atoms with van der Waals surface area (Å²) < 4.78 is 0. The van der Waals surface area contributed by atoms with Crippen LogP contribution in [0, 0.1) is 0 Å². The van der Waals surface area contributed by atoms with Gasteiger partial charge in [-0.05, 0) is 72.8 Å². The molecule has 0 atom stereocenters. The van der Waals surface area contributed by atoms with Crippen LogP contribution in [0.4, 0.5) is 0 Å². The highest BCUT2D eigenvalue weighted by atomic mass is 14.9. The second-order valence-corrected chi connectivity index (χ2v) is 12.2. The first-order chi connectivity index (χ1) is 23.8. The largest absolute Gasteiger partial charge is 0.228 e. The molecule has 1 heterocycles. The lowest BCUT2D eigenvalue weighted by Crippen LogP contribution is -1.98. The van der Waals surface area contributed by atoms with Crippen molar-refractivity contribution in [3.8, 4) is 56.2 Å². The second-order valence-electron chi connectivity index (χ2n) is 12.2. The van der Waals surface area contributed by atoms with Crippen LogP contribution in [0.25, 0.3) is 88.5 Å². The Balaban J connectivity index is 1.40. The molecule has 0 bridgehead atoms. The van der Waals surface area contributed by atoms with Crippen LogP contribution in [0.2, 0.25) is 0 Å². The summed E-state index contributed by atoms with van der Waals surface area (Å²) in [5.41, 5.74) is 9.56. The van der Waals surface area contributed by atoms with E-state index < -0.39 is 0 Å². The fourth-order valence-electron chi connectivity index (χ4n) is 6.97. The Bertz CT molecular complexity index is 2590. The van der Waals surface area contributed by atoms with Gasteiger partial charge in [-0.1, -0.05) is 164 Å². The van der Waals surface area contributed by atoms with E-state index >= 15 is 0 Å². The summed E-state index contributed by atoms with van der Waals surface area (Å²) in [7, 11) is 0. The third-order valence-electron chi connectivity index (χ3n) is 9.25. The Hall–Kier alpha value is -6.38. The van der Waals surface area contributed by atoms with Crippen molar-refractivity contribution in [2.45, 2.75) is 0 Å². The van der Waals surface area contributed by atoms with Crippen LogP contribution in [0.3, 0.4) is 0 Å². The first-order valence-electron chi connectivity index (χ1n) is 16.3. The van der Waals surface area contributed by atoms with E-state index in [9.17, 15) is 0 Å². The molecule has 0 aliphatic heterocycles. The molecule has 48 heavy (non-hydrogen) atoms. The van der Waals surface area contributed by atoms with Crippen molar-refractivity contribution >= 4 is 32.3 Å². The predicted molar refractivity (Wildman–Crippen MR) is 202 cm³/mol. The van der Waals surface area contributed by atoms with Gasteiger partial charge in [0.25, 0.3) is 0 Å². The summed E-state index contributed by atoms with van der Waals surface area (Å²) in [5, 5.41) is 7.19. The highest BCUT2D eigenvalue weighted by molar-refractivity contribution is 6.21. The van der Waals surface area contributed by atoms with Crippen LogP contribution in [-0.4, -0.2) is 9.97 Å². The fourth-order valence-corrected chi connectivity index (χ4v) is 6.97. The molecule has 0 fully saturated rings. The lowest BCUT2D eigenvalue weighted by Gasteiger charge is -2.17. The maximum atomic E-state index is 5.38. The maximum Gasteiger partial charge on any atom is 0.160 e. The van der Waals surface area contributed by atoms with Crippen LogP contribution < -0.4 is 0 Å². The number of aromatic nitrogens is 2. The van der Waals surface area contributed by atoms with Crippen molar-refractivity contribution in [2.24, 2.45) is 0 Å². The molecule has 0 aliphatic carbocycles. The minimum atomic E-state index is 0.702. The smallest absolute Gasteiger partial charge is 0.160 e. The Kier molecular flexibility index (Phi) is 6.84. The van der Waals surface area contributed by atoms with E-state index in [1.807, 2.05) is 6.07 Å². The summed E-state index contributed by atoms with van der Waals surface area (Å²) in [6.07, 6.45) is 0. The van der Waals surface area contributed by atoms with Gasteiger partial charge in [0.15, 0.2) is 5.82 Å². The van der Waals surface area contributed by atoms with Crippen molar-refractivity contribution in [3.05, 3.63) is 182 Å². The highest BCUT2D eigenvalue weighted by Crippen LogP contribution is 2.42. The number of hydrogen-bond donors (Lipinski definition) is 0. The zero-order valence-electron chi connectivity index (χ0n) is 26.2. The van der Waals surface area contributed by atoms with E-state index in [0.29, 0.717) is 5.82 Å². The van der Waals surface area contributed by atoms with E-state index in [-0.39, 0.29) is 0 Å². The van der Waals surface area contributed by atoms with E-state index in [0.717, 1.165) is 44.8 Å². The van der Waals surface area contributed by atoms with Gasteiger partial charge in [-0.25, -0.2) is 9.97 Å². The Morgan fingerprint density at radius 3 is 1.65 bits per heavy atom. The van der Waals surface area contributed by atoms with Gasteiger partial charge in [0.2, 0.25) is 0 Å². The third-order valence-corrected chi connectivity index (χ3v) is 9.25. The zero-order valence-corrected chi connectivity index (χ0v) is 26.2. The van der Waals surface area contributed by atoms with Gasteiger partial charge in [-0.3, -0.25) is 0 Å². The molecule has 0 aliphatic rings. The van der Waals surface area contributed by atoms with Gasteiger partial charge >= 0.3 is 0 Å². The predicted octanol–water partition coefficient (Wildman–Crippen LogP) is 12.3. The first kappa shape index (κ1) is 27.9. The monoisotopic (exact) mass is 610 g/mol. The molecule has 2 nitrogen and oxygen atoms in total. The second kappa shape index (κ2) is 11.8. The Morgan fingerprint density at radius 2 is 0.896 bits per heavy atom. The van der Waals surface area contributed by atoms with Gasteiger partial charge in [-0.15, -0.1) is 0 Å². The average molecular weight is 611 g/mol. The molecule has 9 aromatic rings. The van der Waals surface area contributed by atoms with E-state index in [1.165, 1.54) is 37.9 Å². The minimum absolute atomic E-state index is 0.702. The lowest BCUT2D eigenvalue weighted by molar-refractivity contribution is 1.19. The normalized spacial score (nSPS) is 11.3. The van der Waals surface area contributed by atoms with Crippen LogP contribution in [0.15, 0.2) is 182 Å². The first-order valence-corrected chi connectivity index (χ1v) is 16.3. The van der Waals surface area contributed by atoms with Crippen LogP contribution in [-0.2, 0) is 0 Å². The van der Waals surface area contributed by atoms with Crippen molar-refractivity contribution < 1.29 is 0 Å². The van der Waals surface area contributed by atoms with Crippen LogP contribution in [0.5, 0.6) is 0 Å². The molecule has 224 valence electrons. The van der Waals surface area contributed by atoms with Crippen LogP contribution >= 0.6 is 0 Å². The number of nitrogens with zero attached hydrogens (tertiary/aromatic N) is 2. The van der Waals surface area contributed by atoms with Gasteiger partial charge in [-0.2, -0.15) is 0 Å². The molecule has 0 unspecified atom stereocenters. The van der Waals surface area contributed by atoms with Gasteiger partial charge in [0.05, 0.1) is 11.4 Å². The van der Waals surface area contributed by atoms with Gasteiger partial charge in [0, 0.05) is 16.7 Å². The van der Waals surface area contributed by atoms with E-state index in [4.69, 9.17) is 9.97 Å². The molecular formula is C46H30N2. The van der Waals surface area contributed by atoms with Gasteiger partial charge < -0.3 is 0 Å². The quantitative estimate of drug-likeness (QED) is 0.143. The fraction of sp³-hybridized carbons (Fsp3) is 0. The third kappa shape index (κ3) is 4.92. The summed E-state index contributed by atoms with van der Waals surface area (Å²) in [4.78, 5) is 10.7. The molecule has 0 amide bonds. The standard InChI is InChI=1S/C46H30N2/c1-4-14-31(15-5-1)35-26-27-38(32-16-6-2-7-17-32)41(29-35)42-30-43(48-46(47-42)34-19-8-3-9-20-34)45-40-23-13-11-21-36(40)28-37-25-24-33-18-10-12-22-39(33)44(37)45/h1-30H. The maximum absolute atomic E-state index is 5.38. The SMILES string of the molecule is c1ccc(-c2ccc(-c3ccccc3)c(-c3cc(-c4c5ccccc5cc5ccc6ccccc6c45)nc(-c4ccccc4)n3)c2)cc1. The zero-order chi connectivity index (χ0) is 31.9. The molecule has 0 saturated heterocycles. The topological polar surface area (TPSA) is 25.8 Å². The van der Waals surface area contributed by atoms with Crippen molar-refractivity contribution in [1.29, 1.82) is 0 Å².